The highest BCUT2D eigenvalue weighted by Crippen LogP contribution is 2.40. The summed E-state index contributed by atoms with van der Waals surface area (Å²) in [4.78, 5) is 25.6. The molecule has 1 saturated heterocycles. The first-order chi connectivity index (χ1) is 9.99. The van der Waals surface area contributed by atoms with Gasteiger partial charge in [-0.25, -0.2) is 0 Å². The van der Waals surface area contributed by atoms with Crippen LogP contribution in [0.1, 0.15) is 12.5 Å². The molecule has 0 bridgehead atoms. The van der Waals surface area contributed by atoms with Crippen molar-refractivity contribution < 1.29 is 9.59 Å². The highest BCUT2D eigenvalue weighted by atomic mass is 32.2. The third-order valence-electron chi connectivity index (χ3n) is 3.13. The van der Waals surface area contributed by atoms with Crippen molar-refractivity contribution in [3.05, 3.63) is 40.4 Å². The Hall–Kier alpha value is -2.26. The number of hydrogen-bond donors (Lipinski definition) is 1. The van der Waals surface area contributed by atoms with Crippen molar-refractivity contribution in [1.29, 1.82) is 5.26 Å². The third-order valence-corrected chi connectivity index (χ3v) is 4.30. The maximum Gasteiger partial charge on any atom is 0.264 e. The second-order valence-corrected chi connectivity index (χ2v) is 5.97. The minimum absolute atomic E-state index is 0.0409. The Kier molecular flexibility index (Phi) is 4.34. The number of carbonyl (C=O) groups is 2. The molecule has 1 heterocycles. The van der Waals surface area contributed by atoms with Gasteiger partial charge >= 0.3 is 0 Å². The van der Waals surface area contributed by atoms with E-state index in [1.165, 1.54) is 23.7 Å². The molecule has 1 aromatic rings. The molecule has 0 aliphatic carbocycles. The summed E-state index contributed by atoms with van der Waals surface area (Å²) in [5.74, 6) is -0.616. The zero-order chi connectivity index (χ0) is 15.6. The lowest BCUT2D eigenvalue weighted by Gasteiger charge is -2.18. The zero-order valence-corrected chi connectivity index (χ0v) is 12.8. The molecule has 2 amide bonds. The quantitative estimate of drug-likeness (QED) is 0.669. The maximum atomic E-state index is 12.4. The number of benzene rings is 1. The smallest absolute Gasteiger partial charge is 0.264 e. The van der Waals surface area contributed by atoms with Crippen molar-refractivity contribution in [2.24, 2.45) is 0 Å². The Morgan fingerprint density at radius 2 is 2.00 bits per heavy atom. The number of hydrogen-bond acceptors (Lipinski definition) is 4. The summed E-state index contributed by atoms with van der Waals surface area (Å²) in [6, 6.07) is 9.30. The van der Waals surface area contributed by atoms with Crippen molar-refractivity contribution in [3.63, 3.8) is 0 Å². The van der Waals surface area contributed by atoms with Crippen LogP contribution in [0.4, 0.5) is 5.69 Å². The van der Waals surface area contributed by atoms with Crippen LogP contribution in [0.5, 0.6) is 0 Å². The number of nitrogens with one attached hydrogen (secondary N) is 1. The fourth-order valence-electron chi connectivity index (χ4n) is 1.98. The van der Waals surface area contributed by atoms with Gasteiger partial charge in [0.1, 0.15) is 16.7 Å². The van der Waals surface area contributed by atoms with Gasteiger partial charge < -0.3 is 5.32 Å². The van der Waals surface area contributed by atoms with Gasteiger partial charge in [0.2, 0.25) is 5.91 Å². The molecular weight excluding hydrogens is 286 g/mol. The Bertz CT molecular complexity index is 658. The molecule has 0 aromatic heterocycles. The SMILES string of the molecule is CNC(=O)/C(C#N)=C1/SC(C)C(=O)N1c1ccc(C)cc1. The molecule has 1 atom stereocenters. The number of carbonyl (C=O) groups excluding carboxylic acids is 2. The first kappa shape index (κ1) is 15.1. The average Bonchev–Trinajstić information content (AvgIpc) is 2.76. The van der Waals surface area contributed by atoms with Crippen LogP contribution < -0.4 is 10.2 Å². The second-order valence-electron chi connectivity index (χ2n) is 4.64. The van der Waals surface area contributed by atoms with Crippen molar-refractivity contribution >= 4 is 29.3 Å². The van der Waals surface area contributed by atoms with Crippen LogP contribution in [-0.2, 0) is 9.59 Å². The Balaban J connectivity index is 2.57. The Labute approximate surface area is 127 Å². The first-order valence-corrected chi connectivity index (χ1v) is 7.31. The minimum Gasteiger partial charge on any atom is -0.354 e. The molecule has 1 aliphatic heterocycles. The summed E-state index contributed by atoms with van der Waals surface area (Å²) in [5.41, 5.74) is 1.69. The highest BCUT2D eigenvalue weighted by molar-refractivity contribution is 8.05. The van der Waals surface area contributed by atoms with Gasteiger partial charge in [0.05, 0.1) is 5.25 Å². The largest absolute Gasteiger partial charge is 0.354 e. The van der Waals surface area contributed by atoms with Crippen molar-refractivity contribution in [2.75, 3.05) is 11.9 Å². The normalized spacial score (nSPS) is 20.2. The number of anilines is 1. The minimum atomic E-state index is -0.487. The molecule has 2 rings (SSSR count). The van der Waals surface area contributed by atoms with Crippen LogP contribution in [0.3, 0.4) is 0 Å². The van der Waals surface area contributed by atoms with Gasteiger partial charge in [-0.1, -0.05) is 29.5 Å². The lowest BCUT2D eigenvalue weighted by Crippen LogP contribution is -2.29. The van der Waals surface area contributed by atoms with Crippen LogP contribution >= 0.6 is 11.8 Å². The fourth-order valence-corrected chi connectivity index (χ4v) is 3.08. The standard InChI is InChI=1S/C15H15N3O2S/c1-9-4-6-11(7-5-9)18-14(20)10(2)21-15(18)12(8-16)13(19)17-3/h4-7,10H,1-3H3,(H,17,19)/b15-12+. The van der Waals surface area contributed by atoms with Gasteiger partial charge in [0.15, 0.2) is 0 Å². The van der Waals surface area contributed by atoms with E-state index in [9.17, 15) is 14.9 Å². The van der Waals surface area contributed by atoms with Crippen LogP contribution in [0.2, 0.25) is 0 Å². The number of likely N-dealkylation sites (N-methyl/N-ethyl adjacent to an activating group) is 1. The molecule has 108 valence electrons. The topological polar surface area (TPSA) is 73.2 Å². The third kappa shape index (κ3) is 2.78. The maximum absolute atomic E-state index is 12.4. The van der Waals surface area contributed by atoms with E-state index in [1.807, 2.05) is 37.3 Å². The van der Waals surface area contributed by atoms with Crippen LogP contribution in [-0.4, -0.2) is 24.1 Å². The van der Waals surface area contributed by atoms with Gasteiger partial charge in [-0.2, -0.15) is 5.26 Å². The van der Waals surface area contributed by atoms with E-state index in [2.05, 4.69) is 5.32 Å². The van der Waals surface area contributed by atoms with Crippen LogP contribution in [0.15, 0.2) is 34.9 Å². The second kappa shape index (κ2) is 6.02. The molecule has 1 aliphatic rings. The average molecular weight is 301 g/mol. The number of rotatable bonds is 2. The number of nitriles is 1. The molecule has 5 nitrogen and oxygen atoms in total. The summed E-state index contributed by atoms with van der Waals surface area (Å²) in [6.45, 7) is 3.72. The summed E-state index contributed by atoms with van der Waals surface area (Å²) in [6.07, 6.45) is 0. The van der Waals surface area contributed by atoms with Crippen molar-refractivity contribution in [3.8, 4) is 6.07 Å². The van der Waals surface area contributed by atoms with Crippen molar-refractivity contribution in [2.45, 2.75) is 19.1 Å². The summed E-state index contributed by atoms with van der Waals surface area (Å²) in [5, 5.41) is 11.7. The predicted octanol–water partition coefficient (Wildman–Crippen LogP) is 1.94. The van der Waals surface area contributed by atoms with Gasteiger partial charge in [0, 0.05) is 12.7 Å². The molecule has 0 radical (unpaired) electrons. The van der Waals surface area contributed by atoms with Gasteiger partial charge in [-0.05, 0) is 26.0 Å². The lowest BCUT2D eigenvalue weighted by atomic mass is 10.2. The molecule has 1 N–H and O–H groups in total. The molecule has 1 unspecified atom stereocenters. The number of nitrogens with zero attached hydrogens (tertiary/aromatic N) is 2. The van der Waals surface area contributed by atoms with Crippen molar-refractivity contribution in [1.82, 2.24) is 5.32 Å². The van der Waals surface area contributed by atoms with Crippen LogP contribution in [0.25, 0.3) is 0 Å². The van der Waals surface area contributed by atoms with E-state index >= 15 is 0 Å². The summed E-state index contributed by atoms with van der Waals surface area (Å²) < 4.78 is 0. The molecule has 21 heavy (non-hydrogen) atoms. The summed E-state index contributed by atoms with van der Waals surface area (Å²) >= 11 is 1.23. The number of amides is 2. The predicted molar refractivity (Wildman–Crippen MR) is 82.4 cm³/mol. The zero-order valence-electron chi connectivity index (χ0n) is 12.0. The van der Waals surface area contributed by atoms with E-state index in [4.69, 9.17) is 0 Å². The Morgan fingerprint density at radius 3 is 2.52 bits per heavy atom. The van der Waals surface area contributed by atoms with E-state index in [-0.39, 0.29) is 16.7 Å². The molecule has 1 aromatic carbocycles. The summed E-state index contributed by atoms with van der Waals surface area (Å²) in [7, 11) is 1.46. The van der Waals surface area contributed by atoms with Crippen LogP contribution in [0, 0.1) is 18.3 Å². The molecule has 1 fully saturated rings. The molecule has 0 spiro atoms. The molecular formula is C15H15N3O2S. The lowest BCUT2D eigenvalue weighted by molar-refractivity contribution is -0.117. The Morgan fingerprint density at radius 1 is 1.38 bits per heavy atom. The molecule has 0 saturated carbocycles. The van der Waals surface area contributed by atoms with E-state index in [0.29, 0.717) is 10.7 Å². The van der Waals surface area contributed by atoms with Gasteiger partial charge in [0.25, 0.3) is 5.91 Å². The molecule has 6 heteroatoms. The van der Waals surface area contributed by atoms with Gasteiger partial charge in [-0.15, -0.1) is 0 Å². The fraction of sp³-hybridized carbons (Fsp3) is 0.267. The monoisotopic (exact) mass is 301 g/mol. The van der Waals surface area contributed by atoms with E-state index in [1.54, 1.807) is 6.92 Å². The number of thioether (sulfide) groups is 1. The van der Waals surface area contributed by atoms with Gasteiger partial charge in [-0.3, -0.25) is 14.5 Å². The highest BCUT2D eigenvalue weighted by Gasteiger charge is 2.38. The number of aryl methyl sites for hydroxylation is 1. The van der Waals surface area contributed by atoms with E-state index < -0.39 is 5.91 Å². The first-order valence-electron chi connectivity index (χ1n) is 6.43. The van der Waals surface area contributed by atoms with E-state index in [0.717, 1.165) is 5.56 Å².